The number of alkyl carbamates (subject to hydrolysis) is 1. The van der Waals surface area contributed by atoms with Crippen molar-refractivity contribution in [3.8, 4) is 0 Å². The number of amides is 1. The SMILES string of the molecule is CCOC(=O)NC(CNC(=NC)NC(C)c1ccccc1Cl)C1CC1. The molecule has 6 nitrogen and oxygen atoms in total. The van der Waals surface area contributed by atoms with Crippen molar-refractivity contribution in [3.63, 3.8) is 0 Å². The van der Waals surface area contributed by atoms with Crippen molar-refractivity contribution in [1.82, 2.24) is 16.0 Å². The topological polar surface area (TPSA) is 74.8 Å². The van der Waals surface area contributed by atoms with Crippen LogP contribution in [-0.4, -0.2) is 38.3 Å². The Hall–Kier alpha value is -1.95. The van der Waals surface area contributed by atoms with Crippen LogP contribution in [0.1, 0.15) is 38.3 Å². The third-order valence-corrected chi connectivity index (χ3v) is 4.55. The molecule has 0 heterocycles. The molecule has 0 aromatic heterocycles. The summed E-state index contributed by atoms with van der Waals surface area (Å²) in [6.45, 7) is 4.79. The van der Waals surface area contributed by atoms with E-state index in [4.69, 9.17) is 16.3 Å². The quantitative estimate of drug-likeness (QED) is 0.512. The molecule has 0 spiro atoms. The first-order valence-corrected chi connectivity index (χ1v) is 9.07. The Kier molecular flexibility index (Phi) is 7.37. The van der Waals surface area contributed by atoms with Crippen molar-refractivity contribution in [2.75, 3.05) is 20.2 Å². The largest absolute Gasteiger partial charge is 0.450 e. The number of halogens is 1. The highest BCUT2D eigenvalue weighted by Gasteiger charge is 2.32. The maximum atomic E-state index is 11.7. The second-order valence-corrected chi connectivity index (χ2v) is 6.56. The maximum absolute atomic E-state index is 11.7. The van der Waals surface area contributed by atoms with E-state index in [1.165, 1.54) is 0 Å². The summed E-state index contributed by atoms with van der Waals surface area (Å²) in [7, 11) is 1.72. The van der Waals surface area contributed by atoms with Gasteiger partial charge in [0.1, 0.15) is 0 Å². The standard InChI is InChI=1S/C18H27ClN4O2/c1-4-25-18(24)23-16(13-9-10-13)11-21-17(20-3)22-12(2)14-7-5-6-8-15(14)19/h5-8,12-13,16H,4,9-11H2,1-3H3,(H,23,24)(H2,20,21,22). The second-order valence-electron chi connectivity index (χ2n) is 6.15. The number of guanidine groups is 1. The van der Waals surface area contributed by atoms with Crippen LogP contribution < -0.4 is 16.0 Å². The first-order valence-electron chi connectivity index (χ1n) is 8.70. The lowest BCUT2D eigenvalue weighted by atomic mass is 10.1. The molecule has 2 rings (SSSR count). The van der Waals surface area contributed by atoms with Crippen LogP contribution in [-0.2, 0) is 4.74 Å². The summed E-state index contributed by atoms with van der Waals surface area (Å²) >= 11 is 6.25. The molecule has 1 amide bonds. The Morgan fingerprint density at radius 3 is 2.68 bits per heavy atom. The van der Waals surface area contributed by atoms with Gasteiger partial charge in [0.15, 0.2) is 5.96 Å². The molecule has 1 saturated carbocycles. The molecule has 1 aromatic carbocycles. The fraction of sp³-hybridized carbons (Fsp3) is 0.556. The molecular weight excluding hydrogens is 340 g/mol. The fourth-order valence-corrected chi connectivity index (χ4v) is 2.97. The molecule has 1 aromatic rings. The monoisotopic (exact) mass is 366 g/mol. The van der Waals surface area contributed by atoms with Gasteiger partial charge in [0, 0.05) is 18.6 Å². The number of aliphatic imine (C=N–C) groups is 1. The highest BCUT2D eigenvalue weighted by atomic mass is 35.5. The van der Waals surface area contributed by atoms with Crippen molar-refractivity contribution in [2.24, 2.45) is 10.9 Å². The molecule has 0 radical (unpaired) electrons. The van der Waals surface area contributed by atoms with Crippen LogP contribution in [0.15, 0.2) is 29.3 Å². The smallest absolute Gasteiger partial charge is 0.407 e. The second kappa shape index (κ2) is 9.51. The van der Waals surface area contributed by atoms with Gasteiger partial charge in [-0.3, -0.25) is 4.99 Å². The van der Waals surface area contributed by atoms with Crippen LogP contribution in [0, 0.1) is 5.92 Å². The van der Waals surface area contributed by atoms with Crippen LogP contribution in [0.25, 0.3) is 0 Å². The third kappa shape index (κ3) is 6.12. The van der Waals surface area contributed by atoms with Crippen LogP contribution in [0.5, 0.6) is 0 Å². The van der Waals surface area contributed by atoms with E-state index in [2.05, 4.69) is 20.9 Å². The zero-order valence-corrected chi connectivity index (χ0v) is 15.8. The van der Waals surface area contributed by atoms with Crippen LogP contribution in [0.3, 0.4) is 0 Å². The molecule has 25 heavy (non-hydrogen) atoms. The van der Waals surface area contributed by atoms with Gasteiger partial charge in [-0.05, 0) is 44.2 Å². The number of rotatable bonds is 7. The Labute approximate surface area is 154 Å². The summed E-state index contributed by atoms with van der Waals surface area (Å²) < 4.78 is 4.98. The van der Waals surface area contributed by atoms with Crippen LogP contribution >= 0.6 is 11.6 Å². The highest BCUT2D eigenvalue weighted by Crippen LogP contribution is 2.32. The summed E-state index contributed by atoms with van der Waals surface area (Å²) in [6, 6.07) is 7.78. The first-order chi connectivity index (χ1) is 12.0. The van der Waals surface area contributed by atoms with E-state index in [9.17, 15) is 4.79 Å². The van der Waals surface area contributed by atoms with E-state index < -0.39 is 0 Å². The van der Waals surface area contributed by atoms with E-state index >= 15 is 0 Å². The number of nitrogens with one attached hydrogen (secondary N) is 3. The fourth-order valence-electron chi connectivity index (χ4n) is 2.67. The van der Waals surface area contributed by atoms with Gasteiger partial charge in [0.2, 0.25) is 0 Å². The average molecular weight is 367 g/mol. The molecule has 3 N–H and O–H groups in total. The van der Waals surface area contributed by atoms with E-state index in [1.807, 2.05) is 31.2 Å². The van der Waals surface area contributed by atoms with Crippen LogP contribution in [0.2, 0.25) is 5.02 Å². The molecule has 0 saturated heterocycles. The molecule has 0 aliphatic heterocycles. The molecule has 1 aliphatic rings. The number of hydrogen-bond acceptors (Lipinski definition) is 3. The van der Waals surface area contributed by atoms with E-state index in [1.54, 1.807) is 14.0 Å². The van der Waals surface area contributed by atoms with Gasteiger partial charge in [0.05, 0.1) is 18.7 Å². The van der Waals surface area contributed by atoms with E-state index in [-0.39, 0.29) is 18.2 Å². The number of benzene rings is 1. The Morgan fingerprint density at radius 2 is 2.08 bits per heavy atom. The Morgan fingerprint density at radius 1 is 1.36 bits per heavy atom. The number of carbonyl (C=O) groups excluding carboxylic acids is 1. The van der Waals surface area contributed by atoms with E-state index in [0.717, 1.165) is 23.4 Å². The average Bonchev–Trinajstić information content (AvgIpc) is 3.42. The van der Waals surface area contributed by atoms with Gasteiger partial charge in [-0.2, -0.15) is 0 Å². The van der Waals surface area contributed by atoms with Crippen molar-refractivity contribution in [3.05, 3.63) is 34.9 Å². The Bertz CT molecular complexity index is 604. The molecule has 138 valence electrons. The van der Waals surface area contributed by atoms with E-state index in [0.29, 0.717) is 25.0 Å². The molecule has 1 aliphatic carbocycles. The first kappa shape index (κ1) is 19.4. The summed E-state index contributed by atoms with van der Waals surface area (Å²) in [5.74, 6) is 1.17. The lowest BCUT2D eigenvalue weighted by molar-refractivity contribution is 0.146. The number of ether oxygens (including phenoxy) is 1. The summed E-state index contributed by atoms with van der Waals surface area (Å²) in [5.41, 5.74) is 1.01. The molecule has 2 unspecified atom stereocenters. The van der Waals surface area contributed by atoms with Crippen molar-refractivity contribution in [2.45, 2.75) is 38.8 Å². The van der Waals surface area contributed by atoms with Gasteiger partial charge in [-0.15, -0.1) is 0 Å². The predicted octanol–water partition coefficient (Wildman–Crippen LogP) is 3.09. The summed E-state index contributed by atoms with van der Waals surface area (Å²) in [4.78, 5) is 15.9. The maximum Gasteiger partial charge on any atom is 0.407 e. The summed E-state index contributed by atoms with van der Waals surface area (Å²) in [5, 5.41) is 10.3. The number of carbonyl (C=O) groups is 1. The van der Waals surface area contributed by atoms with Crippen LogP contribution in [0.4, 0.5) is 4.79 Å². The normalized spacial score (nSPS) is 16.7. The lowest BCUT2D eigenvalue weighted by Crippen LogP contribution is -2.48. The zero-order chi connectivity index (χ0) is 18.2. The molecule has 2 atom stereocenters. The van der Waals surface area contributed by atoms with Crippen molar-refractivity contribution < 1.29 is 9.53 Å². The van der Waals surface area contributed by atoms with Gasteiger partial charge in [0.25, 0.3) is 0 Å². The molecular formula is C18H27ClN4O2. The zero-order valence-electron chi connectivity index (χ0n) is 15.0. The van der Waals surface area contributed by atoms with Gasteiger partial charge in [-0.1, -0.05) is 29.8 Å². The number of hydrogen-bond donors (Lipinski definition) is 3. The molecule has 0 bridgehead atoms. The number of nitrogens with zero attached hydrogens (tertiary/aromatic N) is 1. The minimum absolute atomic E-state index is 0.0114. The van der Waals surface area contributed by atoms with Crippen molar-refractivity contribution >= 4 is 23.7 Å². The predicted molar refractivity (Wildman–Crippen MR) is 101 cm³/mol. The van der Waals surface area contributed by atoms with Crippen molar-refractivity contribution in [1.29, 1.82) is 0 Å². The van der Waals surface area contributed by atoms with Gasteiger partial charge in [-0.25, -0.2) is 4.79 Å². The lowest BCUT2D eigenvalue weighted by Gasteiger charge is -2.22. The summed E-state index contributed by atoms with van der Waals surface area (Å²) in [6.07, 6.45) is 1.88. The van der Waals surface area contributed by atoms with Gasteiger partial charge >= 0.3 is 6.09 Å². The Balaban J connectivity index is 1.88. The minimum Gasteiger partial charge on any atom is -0.450 e. The van der Waals surface area contributed by atoms with Gasteiger partial charge < -0.3 is 20.7 Å². The third-order valence-electron chi connectivity index (χ3n) is 4.21. The molecule has 7 heteroatoms. The minimum atomic E-state index is -0.367. The molecule has 1 fully saturated rings. The highest BCUT2D eigenvalue weighted by molar-refractivity contribution is 6.31.